The highest BCUT2D eigenvalue weighted by Gasteiger charge is 2.26. The molecule has 7 nitrogen and oxygen atoms in total. The van der Waals surface area contributed by atoms with E-state index < -0.39 is 10.0 Å². The van der Waals surface area contributed by atoms with E-state index in [0.29, 0.717) is 23.5 Å². The highest BCUT2D eigenvalue weighted by Crippen LogP contribution is 2.28. The predicted octanol–water partition coefficient (Wildman–Crippen LogP) is 4.34. The van der Waals surface area contributed by atoms with E-state index >= 15 is 0 Å². The molecule has 2 aromatic rings. The topological polar surface area (TPSA) is 93.1 Å². The summed E-state index contributed by atoms with van der Waals surface area (Å²) in [7, 11) is -3.42. The molecule has 0 aliphatic rings. The number of hydrogen-bond acceptors (Lipinski definition) is 4. The summed E-state index contributed by atoms with van der Waals surface area (Å²) in [5.74, 6) is 0.306. The van der Waals surface area contributed by atoms with Crippen molar-refractivity contribution in [2.75, 3.05) is 15.8 Å². The van der Waals surface area contributed by atoms with Gasteiger partial charge >= 0.3 is 0 Å². The van der Waals surface area contributed by atoms with E-state index in [2.05, 4.69) is 30.8 Å². The maximum Gasteiger partial charge on any atom is 0.256 e. The van der Waals surface area contributed by atoms with Gasteiger partial charge in [0.25, 0.3) is 5.91 Å². The van der Waals surface area contributed by atoms with Crippen LogP contribution in [0.25, 0.3) is 0 Å². The molecule has 0 saturated carbocycles. The van der Waals surface area contributed by atoms with Crippen molar-refractivity contribution < 1.29 is 13.2 Å². The van der Waals surface area contributed by atoms with Gasteiger partial charge in [-0.25, -0.2) is 13.1 Å². The van der Waals surface area contributed by atoms with Crippen LogP contribution < -0.4 is 10.0 Å². The molecule has 2 rings (SSSR count). The first-order valence-electron chi connectivity index (χ1n) is 9.76. The summed E-state index contributed by atoms with van der Waals surface area (Å²) in [5.41, 5.74) is 1.13. The number of nitrogens with zero attached hydrogens (tertiary/aromatic N) is 2. The fourth-order valence-electron chi connectivity index (χ4n) is 2.76. The highest BCUT2D eigenvalue weighted by atomic mass is 32.2. The molecule has 0 bridgehead atoms. The summed E-state index contributed by atoms with van der Waals surface area (Å²) in [6, 6.07) is 8.35. The standard InChI is InChI=1S/C21H32N4O3S/c1-8-12-29(27,28)24-16-11-9-10-15(13-16)19(26)22-18-14-17(20(2,3)4)23-25(18)21(5,6)7/h9-11,13-14,24H,8,12H2,1-7H3,(H,22,26). The Morgan fingerprint density at radius 2 is 1.76 bits per heavy atom. The van der Waals surface area contributed by atoms with Crippen LogP contribution in [0.3, 0.4) is 0 Å². The van der Waals surface area contributed by atoms with E-state index in [1.54, 1.807) is 29.8 Å². The second kappa shape index (κ2) is 8.18. The van der Waals surface area contributed by atoms with Crippen LogP contribution in [-0.4, -0.2) is 29.9 Å². The molecule has 2 N–H and O–H groups in total. The van der Waals surface area contributed by atoms with Crippen molar-refractivity contribution in [1.29, 1.82) is 0 Å². The molecular weight excluding hydrogens is 388 g/mol. The van der Waals surface area contributed by atoms with Gasteiger partial charge in [-0.1, -0.05) is 33.8 Å². The molecule has 160 valence electrons. The molecule has 0 fully saturated rings. The molecule has 0 aliphatic carbocycles. The van der Waals surface area contributed by atoms with Crippen molar-refractivity contribution >= 4 is 27.4 Å². The van der Waals surface area contributed by atoms with Crippen molar-refractivity contribution in [3.63, 3.8) is 0 Å². The number of benzene rings is 1. The molecule has 1 aromatic heterocycles. The molecule has 0 aliphatic heterocycles. The predicted molar refractivity (Wildman–Crippen MR) is 118 cm³/mol. The number of carbonyl (C=O) groups is 1. The molecule has 1 amide bonds. The Morgan fingerprint density at radius 1 is 1.10 bits per heavy atom. The van der Waals surface area contributed by atoms with E-state index in [-0.39, 0.29) is 22.6 Å². The van der Waals surface area contributed by atoms with Crippen molar-refractivity contribution in [3.05, 3.63) is 41.6 Å². The summed E-state index contributed by atoms with van der Waals surface area (Å²) in [4.78, 5) is 12.9. The summed E-state index contributed by atoms with van der Waals surface area (Å²) in [6.45, 7) is 14.1. The van der Waals surface area contributed by atoms with Crippen LogP contribution in [0.5, 0.6) is 0 Å². The molecular formula is C21H32N4O3S. The maximum absolute atomic E-state index is 12.9. The van der Waals surface area contributed by atoms with Gasteiger partial charge in [0, 0.05) is 22.7 Å². The fraction of sp³-hybridized carbons (Fsp3) is 0.524. The zero-order valence-corrected chi connectivity index (χ0v) is 19.1. The molecule has 1 heterocycles. The van der Waals surface area contributed by atoms with Gasteiger partial charge < -0.3 is 5.32 Å². The monoisotopic (exact) mass is 420 g/mol. The summed E-state index contributed by atoms with van der Waals surface area (Å²) in [5, 5.41) is 7.62. The van der Waals surface area contributed by atoms with Gasteiger partial charge in [0.1, 0.15) is 5.82 Å². The third kappa shape index (κ3) is 6.06. The van der Waals surface area contributed by atoms with E-state index in [9.17, 15) is 13.2 Å². The SMILES string of the molecule is CCCS(=O)(=O)Nc1cccc(C(=O)Nc2cc(C(C)(C)C)nn2C(C)(C)C)c1. The van der Waals surface area contributed by atoms with Crippen LogP contribution in [0.4, 0.5) is 11.5 Å². The van der Waals surface area contributed by atoms with Gasteiger partial charge in [-0.15, -0.1) is 0 Å². The van der Waals surface area contributed by atoms with Gasteiger partial charge in [0.05, 0.1) is 17.0 Å². The lowest BCUT2D eigenvalue weighted by Crippen LogP contribution is -2.27. The third-order valence-electron chi connectivity index (χ3n) is 4.23. The van der Waals surface area contributed by atoms with Crippen LogP contribution in [0.1, 0.15) is 70.9 Å². The largest absolute Gasteiger partial charge is 0.307 e. The Labute approximate surface area is 173 Å². The lowest BCUT2D eigenvalue weighted by molar-refractivity contribution is 0.102. The minimum atomic E-state index is -3.42. The van der Waals surface area contributed by atoms with Gasteiger partial charge in [0.2, 0.25) is 10.0 Å². The molecule has 8 heteroatoms. The number of sulfonamides is 1. The van der Waals surface area contributed by atoms with Crippen LogP contribution in [-0.2, 0) is 21.0 Å². The van der Waals surface area contributed by atoms with Crippen LogP contribution in [0, 0.1) is 0 Å². The molecule has 0 atom stereocenters. The summed E-state index contributed by atoms with van der Waals surface area (Å²) < 4.78 is 28.3. The average Bonchev–Trinajstić information content (AvgIpc) is 2.99. The Kier molecular flexibility index (Phi) is 6.47. The van der Waals surface area contributed by atoms with Crippen LogP contribution in [0.2, 0.25) is 0 Å². The molecule has 29 heavy (non-hydrogen) atoms. The van der Waals surface area contributed by atoms with Gasteiger partial charge in [-0.2, -0.15) is 5.10 Å². The Hall–Kier alpha value is -2.35. The first-order chi connectivity index (χ1) is 13.2. The zero-order chi connectivity index (χ0) is 22.0. The number of anilines is 2. The van der Waals surface area contributed by atoms with Crippen molar-refractivity contribution in [3.8, 4) is 0 Å². The maximum atomic E-state index is 12.9. The lowest BCUT2D eigenvalue weighted by Gasteiger charge is -2.23. The van der Waals surface area contributed by atoms with E-state index in [4.69, 9.17) is 5.10 Å². The van der Waals surface area contributed by atoms with Crippen LogP contribution in [0.15, 0.2) is 30.3 Å². The molecule has 0 saturated heterocycles. The number of rotatable bonds is 6. The quantitative estimate of drug-likeness (QED) is 0.727. The minimum Gasteiger partial charge on any atom is -0.307 e. The number of nitrogens with one attached hydrogen (secondary N) is 2. The minimum absolute atomic E-state index is 0.0315. The van der Waals surface area contributed by atoms with Gasteiger partial charge in [-0.3, -0.25) is 9.52 Å². The first kappa shape index (κ1) is 22.9. The third-order valence-corrected chi connectivity index (χ3v) is 5.72. The number of aromatic nitrogens is 2. The van der Waals surface area contributed by atoms with Crippen molar-refractivity contribution in [1.82, 2.24) is 9.78 Å². The van der Waals surface area contributed by atoms with Gasteiger partial charge in [-0.05, 0) is 45.4 Å². The zero-order valence-electron chi connectivity index (χ0n) is 18.3. The Bertz CT molecular complexity index is 980. The van der Waals surface area contributed by atoms with Crippen LogP contribution >= 0.6 is 0 Å². The second-order valence-electron chi connectivity index (χ2n) is 9.20. The van der Waals surface area contributed by atoms with E-state index in [1.165, 1.54) is 6.07 Å². The summed E-state index contributed by atoms with van der Waals surface area (Å²) >= 11 is 0. The van der Waals surface area contributed by atoms with Crippen molar-refractivity contribution in [2.45, 2.75) is 65.8 Å². The molecule has 1 aromatic carbocycles. The molecule has 0 unspecified atom stereocenters. The smallest absolute Gasteiger partial charge is 0.256 e. The molecule has 0 spiro atoms. The fourth-order valence-corrected chi connectivity index (χ4v) is 3.89. The lowest BCUT2D eigenvalue weighted by atomic mass is 9.92. The Morgan fingerprint density at radius 3 is 2.31 bits per heavy atom. The van der Waals surface area contributed by atoms with Gasteiger partial charge in [0.15, 0.2) is 0 Å². The first-order valence-corrected chi connectivity index (χ1v) is 11.4. The summed E-state index contributed by atoms with van der Waals surface area (Å²) in [6.07, 6.45) is 0.516. The number of hydrogen-bond donors (Lipinski definition) is 2. The number of carbonyl (C=O) groups excluding carboxylic acids is 1. The molecule has 0 radical (unpaired) electrons. The van der Waals surface area contributed by atoms with E-state index in [0.717, 1.165) is 5.69 Å². The number of amides is 1. The second-order valence-corrected chi connectivity index (χ2v) is 11.0. The normalized spacial score (nSPS) is 12.7. The Balaban J connectivity index is 2.31. The van der Waals surface area contributed by atoms with E-state index in [1.807, 2.05) is 26.8 Å². The highest BCUT2D eigenvalue weighted by molar-refractivity contribution is 7.92. The average molecular weight is 421 g/mol. The van der Waals surface area contributed by atoms with Crippen molar-refractivity contribution in [2.24, 2.45) is 0 Å².